The molecule has 6 heteroatoms. The highest BCUT2D eigenvalue weighted by atomic mass is 32.1. The van der Waals surface area contributed by atoms with Gasteiger partial charge in [-0.2, -0.15) is 0 Å². The summed E-state index contributed by atoms with van der Waals surface area (Å²) in [6.07, 6.45) is 1.67. The van der Waals surface area contributed by atoms with E-state index in [1.807, 2.05) is 6.92 Å². The highest BCUT2D eigenvalue weighted by Gasteiger charge is 2.27. The van der Waals surface area contributed by atoms with Gasteiger partial charge >= 0.3 is 5.97 Å². The molecule has 1 fully saturated rings. The molecule has 0 saturated carbocycles. The van der Waals surface area contributed by atoms with Crippen molar-refractivity contribution in [3.8, 4) is 0 Å². The van der Waals surface area contributed by atoms with Crippen molar-refractivity contribution in [1.82, 2.24) is 10.2 Å². The second kappa shape index (κ2) is 9.67. The minimum atomic E-state index is -0.0505. The molecule has 5 nitrogen and oxygen atoms in total. The van der Waals surface area contributed by atoms with Crippen molar-refractivity contribution >= 4 is 23.3 Å². The van der Waals surface area contributed by atoms with E-state index in [0.717, 1.165) is 45.0 Å². The Hall–Kier alpha value is -1.56. The Balaban J connectivity index is 1.91. The van der Waals surface area contributed by atoms with Gasteiger partial charge in [0.2, 0.25) is 0 Å². The Morgan fingerprint density at radius 3 is 2.79 bits per heavy atom. The number of hydrogen-bond acceptors (Lipinski definition) is 4. The lowest BCUT2D eigenvalue weighted by Gasteiger charge is -2.33. The molecule has 1 unspecified atom stereocenters. The smallest absolute Gasteiger partial charge is 0.309 e. The number of nitrogens with zero attached hydrogens (tertiary/aromatic N) is 2. The quantitative estimate of drug-likeness (QED) is 0.486. The number of likely N-dealkylation sites (tertiary alicyclic amines) is 1. The van der Waals surface area contributed by atoms with Crippen LogP contribution in [0.25, 0.3) is 0 Å². The van der Waals surface area contributed by atoms with Crippen LogP contribution in [0.2, 0.25) is 0 Å². The van der Waals surface area contributed by atoms with Crippen LogP contribution in [0.15, 0.2) is 22.5 Å². The molecule has 0 radical (unpaired) electrons. The van der Waals surface area contributed by atoms with Crippen LogP contribution in [0.4, 0.5) is 0 Å². The molecule has 0 spiro atoms. The van der Waals surface area contributed by atoms with Crippen LogP contribution in [0, 0.1) is 5.92 Å². The normalized spacial score (nSPS) is 17.6. The number of aliphatic imine (C=N–C) groups is 1. The van der Waals surface area contributed by atoms with E-state index in [-0.39, 0.29) is 11.9 Å². The minimum Gasteiger partial charge on any atom is -0.466 e. The van der Waals surface area contributed by atoms with Crippen molar-refractivity contribution < 1.29 is 9.53 Å². The van der Waals surface area contributed by atoms with Gasteiger partial charge in [-0.15, -0.1) is 11.3 Å². The van der Waals surface area contributed by atoms with E-state index in [9.17, 15) is 4.79 Å². The fraction of sp³-hybridized carbons (Fsp3) is 0.667. The lowest BCUT2D eigenvalue weighted by Crippen LogP contribution is -2.46. The molecule has 0 bridgehead atoms. The molecule has 0 aliphatic carbocycles. The van der Waals surface area contributed by atoms with Crippen molar-refractivity contribution in [2.75, 3.05) is 32.8 Å². The first kappa shape index (κ1) is 18.8. The van der Waals surface area contributed by atoms with Gasteiger partial charge in [0.15, 0.2) is 5.96 Å². The number of carbonyl (C=O) groups excluding carboxylic acids is 1. The summed E-state index contributed by atoms with van der Waals surface area (Å²) in [5.41, 5.74) is 0. The predicted molar refractivity (Wildman–Crippen MR) is 99.6 cm³/mol. The van der Waals surface area contributed by atoms with Crippen LogP contribution >= 0.6 is 11.3 Å². The molecule has 24 heavy (non-hydrogen) atoms. The molecule has 1 aromatic heterocycles. The van der Waals surface area contributed by atoms with E-state index in [2.05, 4.69) is 41.6 Å². The average molecular weight is 352 g/mol. The third kappa shape index (κ3) is 5.23. The Kier molecular flexibility index (Phi) is 7.56. The Morgan fingerprint density at radius 1 is 1.46 bits per heavy atom. The third-order valence-corrected chi connectivity index (χ3v) is 5.40. The molecule has 1 saturated heterocycles. The summed E-state index contributed by atoms with van der Waals surface area (Å²) in [4.78, 5) is 20.3. The van der Waals surface area contributed by atoms with Crippen LogP contribution < -0.4 is 5.32 Å². The van der Waals surface area contributed by atoms with Gasteiger partial charge in [-0.1, -0.05) is 13.0 Å². The van der Waals surface area contributed by atoms with Crippen molar-refractivity contribution in [3.05, 3.63) is 22.4 Å². The van der Waals surface area contributed by atoms with Gasteiger partial charge in [-0.25, -0.2) is 0 Å². The van der Waals surface area contributed by atoms with Gasteiger partial charge in [-0.3, -0.25) is 9.79 Å². The van der Waals surface area contributed by atoms with Gasteiger partial charge < -0.3 is 15.0 Å². The van der Waals surface area contributed by atoms with E-state index >= 15 is 0 Å². The summed E-state index contributed by atoms with van der Waals surface area (Å²) in [7, 11) is 0. The molecule has 1 aliphatic rings. The number of thiophene rings is 1. The predicted octanol–water partition coefficient (Wildman–Crippen LogP) is 3.09. The number of rotatable bonds is 6. The van der Waals surface area contributed by atoms with Crippen LogP contribution in [0.5, 0.6) is 0 Å². The van der Waals surface area contributed by atoms with Crippen molar-refractivity contribution in [2.45, 2.75) is 39.5 Å². The number of hydrogen-bond donors (Lipinski definition) is 1. The van der Waals surface area contributed by atoms with E-state index in [4.69, 9.17) is 9.73 Å². The second-order valence-electron chi connectivity index (χ2n) is 6.12. The maximum atomic E-state index is 11.9. The van der Waals surface area contributed by atoms with E-state index in [1.165, 1.54) is 4.88 Å². The zero-order valence-electron chi connectivity index (χ0n) is 15.0. The topological polar surface area (TPSA) is 53.9 Å². The highest BCUT2D eigenvalue weighted by molar-refractivity contribution is 7.10. The molecule has 1 aromatic rings. The Labute approximate surface area is 149 Å². The van der Waals surface area contributed by atoms with Crippen molar-refractivity contribution in [1.29, 1.82) is 0 Å². The number of piperidine rings is 1. The lowest BCUT2D eigenvalue weighted by atomic mass is 9.97. The fourth-order valence-corrected chi connectivity index (χ4v) is 3.68. The first-order valence-corrected chi connectivity index (χ1v) is 9.76. The van der Waals surface area contributed by atoms with Crippen LogP contribution in [0.3, 0.4) is 0 Å². The number of nitrogens with one attached hydrogen (secondary N) is 1. The molecule has 2 rings (SSSR count). The summed E-state index contributed by atoms with van der Waals surface area (Å²) in [5.74, 6) is 1.37. The molecule has 1 atom stereocenters. The number of esters is 1. The molecule has 0 amide bonds. The van der Waals surface area contributed by atoms with Gasteiger partial charge in [0, 0.05) is 30.4 Å². The summed E-state index contributed by atoms with van der Waals surface area (Å²) >= 11 is 1.79. The Bertz CT molecular complexity index is 522. The minimum absolute atomic E-state index is 0.0362. The summed E-state index contributed by atoms with van der Waals surface area (Å²) < 4.78 is 5.14. The van der Waals surface area contributed by atoms with E-state index in [0.29, 0.717) is 12.5 Å². The van der Waals surface area contributed by atoms with Gasteiger partial charge in [0.1, 0.15) is 0 Å². The van der Waals surface area contributed by atoms with E-state index < -0.39 is 0 Å². The summed E-state index contributed by atoms with van der Waals surface area (Å²) in [5, 5.41) is 5.50. The fourth-order valence-electron chi connectivity index (χ4n) is 2.90. The molecule has 1 aliphatic heterocycles. The molecular formula is C18H29N3O2S. The highest BCUT2D eigenvalue weighted by Crippen LogP contribution is 2.22. The molecule has 134 valence electrons. The average Bonchev–Trinajstić information content (AvgIpc) is 3.13. The SMILES string of the molecule is CCNC(=NCC(C)c1cccs1)N1CCC(C(=O)OCC)CC1. The van der Waals surface area contributed by atoms with Crippen molar-refractivity contribution in [3.63, 3.8) is 0 Å². The van der Waals surface area contributed by atoms with Crippen LogP contribution in [0.1, 0.15) is 44.4 Å². The standard InChI is InChI=1S/C18H29N3O2S/c1-4-19-18(20-13-14(3)16-7-6-12-24-16)21-10-8-15(9-11-21)17(22)23-5-2/h6-7,12,14-15H,4-5,8-11,13H2,1-3H3,(H,19,20). The van der Waals surface area contributed by atoms with Crippen LogP contribution in [-0.2, 0) is 9.53 Å². The monoisotopic (exact) mass is 351 g/mol. The zero-order valence-corrected chi connectivity index (χ0v) is 15.8. The van der Waals surface area contributed by atoms with E-state index in [1.54, 1.807) is 11.3 Å². The van der Waals surface area contributed by atoms with Crippen molar-refractivity contribution in [2.24, 2.45) is 10.9 Å². The first-order valence-electron chi connectivity index (χ1n) is 8.89. The summed E-state index contributed by atoms with van der Waals surface area (Å²) in [6, 6.07) is 4.26. The largest absolute Gasteiger partial charge is 0.466 e. The second-order valence-corrected chi connectivity index (χ2v) is 7.10. The molecule has 0 aromatic carbocycles. The zero-order chi connectivity index (χ0) is 17.4. The van der Waals surface area contributed by atoms with Gasteiger partial charge in [-0.05, 0) is 38.1 Å². The van der Waals surface area contributed by atoms with Crippen LogP contribution in [-0.4, -0.2) is 49.6 Å². The number of carbonyl (C=O) groups is 1. The summed E-state index contributed by atoms with van der Waals surface area (Å²) in [6.45, 7) is 9.95. The van der Waals surface area contributed by atoms with Gasteiger partial charge in [0.05, 0.1) is 19.1 Å². The molecule has 2 heterocycles. The maximum Gasteiger partial charge on any atom is 0.309 e. The lowest BCUT2D eigenvalue weighted by molar-refractivity contribution is -0.149. The maximum absolute atomic E-state index is 11.9. The first-order chi connectivity index (χ1) is 11.7. The number of guanidine groups is 1. The molecular weight excluding hydrogens is 322 g/mol. The molecule has 1 N–H and O–H groups in total. The third-order valence-electron chi connectivity index (χ3n) is 4.29. The van der Waals surface area contributed by atoms with Gasteiger partial charge in [0.25, 0.3) is 0 Å². The number of ether oxygens (including phenoxy) is 1. The Morgan fingerprint density at radius 2 is 2.21 bits per heavy atom.